The minimum atomic E-state index is -0.0259. The highest BCUT2D eigenvalue weighted by Crippen LogP contribution is 2.40. The van der Waals surface area contributed by atoms with Gasteiger partial charge >= 0.3 is 0 Å². The number of benzene rings is 3. The second-order valence-corrected chi connectivity index (χ2v) is 10.2. The largest absolute Gasteiger partial charge is 0.493 e. The molecule has 1 unspecified atom stereocenters. The molecule has 1 amide bonds. The van der Waals surface area contributed by atoms with E-state index < -0.39 is 0 Å². The molecule has 1 heterocycles. The average Bonchev–Trinajstić information content (AvgIpc) is 3.29. The van der Waals surface area contributed by atoms with Crippen LogP contribution in [0.25, 0.3) is 0 Å². The monoisotopic (exact) mass is 530 g/mol. The number of methoxy groups -OCH3 is 4. The van der Waals surface area contributed by atoms with Crippen LogP contribution in [0, 0.1) is 0 Å². The van der Waals surface area contributed by atoms with Crippen molar-refractivity contribution in [2.45, 2.75) is 44.2 Å². The molecule has 39 heavy (non-hydrogen) atoms. The van der Waals surface area contributed by atoms with Gasteiger partial charge in [0.15, 0.2) is 23.0 Å². The first-order chi connectivity index (χ1) is 19.0. The van der Waals surface area contributed by atoms with Gasteiger partial charge in [-0.05, 0) is 90.7 Å². The molecule has 0 saturated heterocycles. The topological polar surface area (TPSA) is 69.3 Å². The lowest BCUT2D eigenvalue weighted by molar-refractivity contribution is -0.123. The van der Waals surface area contributed by atoms with Crippen molar-refractivity contribution in [3.05, 3.63) is 82.4 Å². The Bertz CT molecular complexity index is 1320. The normalized spacial score (nSPS) is 18.5. The van der Waals surface area contributed by atoms with Gasteiger partial charge < -0.3 is 24.3 Å². The predicted molar refractivity (Wildman–Crippen MR) is 151 cm³/mol. The molecule has 5 rings (SSSR count). The maximum absolute atomic E-state index is 13.5. The van der Waals surface area contributed by atoms with Crippen molar-refractivity contribution >= 4 is 5.91 Å². The maximum Gasteiger partial charge on any atom is 0.234 e. The van der Waals surface area contributed by atoms with Gasteiger partial charge in [0, 0.05) is 6.04 Å². The zero-order valence-corrected chi connectivity index (χ0v) is 23.3. The lowest BCUT2D eigenvalue weighted by Crippen LogP contribution is -2.41. The number of aryl methyl sites for hydroxylation is 2. The van der Waals surface area contributed by atoms with Gasteiger partial charge in [-0.1, -0.05) is 30.3 Å². The number of amides is 1. The molecule has 1 aliphatic carbocycles. The molecule has 0 aromatic heterocycles. The zero-order valence-electron chi connectivity index (χ0n) is 23.3. The molecule has 3 aromatic carbocycles. The fourth-order valence-electron chi connectivity index (χ4n) is 6.08. The van der Waals surface area contributed by atoms with Crippen molar-refractivity contribution in [3.8, 4) is 23.0 Å². The minimum Gasteiger partial charge on any atom is -0.493 e. The standard InChI is InChI=1S/C32H38N2O5/c1-36-28-14-11-21(17-29(28)37-2)16-27-25-19-31(39-4)30(38-3)18-23(25)9-7-15-34(27)20-32(35)33-26-13-12-22-8-5-6-10-24(22)26/h5-6,8,10-11,14,17-19,26-27H,7,9,12-13,15-16,20H2,1-4H3,(H,33,35)/t26?,27-/m0/s1. The average molecular weight is 531 g/mol. The Hall–Kier alpha value is -3.71. The van der Waals surface area contributed by atoms with Gasteiger partial charge in [0.1, 0.15) is 0 Å². The van der Waals surface area contributed by atoms with E-state index in [9.17, 15) is 4.79 Å². The highest BCUT2D eigenvalue weighted by Gasteiger charge is 2.31. The molecule has 3 aromatic rings. The summed E-state index contributed by atoms with van der Waals surface area (Å²) in [5, 5.41) is 3.32. The van der Waals surface area contributed by atoms with Crippen LogP contribution in [0.3, 0.4) is 0 Å². The number of hydrogen-bond acceptors (Lipinski definition) is 6. The molecule has 0 fully saturated rings. The summed E-state index contributed by atoms with van der Waals surface area (Å²) < 4.78 is 22.3. The summed E-state index contributed by atoms with van der Waals surface area (Å²) in [6.07, 6.45) is 4.51. The van der Waals surface area contributed by atoms with Gasteiger partial charge in [-0.2, -0.15) is 0 Å². The van der Waals surface area contributed by atoms with E-state index in [-0.39, 0.29) is 18.0 Å². The molecule has 0 radical (unpaired) electrons. The van der Waals surface area contributed by atoms with Crippen LogP contribution in [0.2, 0.25) is 0 Å². The van der Waals surface area contributed by atoms with Gasteiger partial charge in [-0.15, -0.1) is 0 Å². The molecular formula is C32H38N2O5. The maximum atomic E-state index is 13.5. The highest BCUT2D eigenvalue weighted by molar-refractivity contribution is 5.79. The molecule has 0 bridgehead atoms. The fourth-order valence-corrected chi connectivity index (χ4v) is 6.08. The molecule has 1 N–H and O–H groups in total. The number of rotatable bonds is 9. The van der Waals surface area contributed by atoms with Crippen molar-refractivity contribution in [3.63, 3.8) is 0 Å². The molecule has 0 spiro atoms. The molecular weight excluding hydrogens is 492 g/mol. The molecule has 1 aliphatic heterocycles. The van der Waals surface area contributed by atoms with Gasteiger partial charge in [0.25, 0.3) is 0 Å². The number of fused-ring (bicyclic) bond motifs is 2. The molecule has 0 saturated carbocycles. The molecule has 7 heteroatoms. The number of nitrogens with zero attached hydrogens (tertiary/aromatic N) is 1. The first-order valence-corrected chi connectivity index (χ1v) is 13.6. The Morgan fingerprint density at radius 2 is 1.54 bits per heavy atom. The van der Waals surface area contributed by atoms with Gasteiger partial charge in [0.05, 0.1) is 41.0 Å². The van der Waals surface area contributed by atoms with Gasteiger partial charge in [0.2, 0.25) is 5.91 Å². The first kappa shape index (κ1) is 26.9. The molecule has 2 atom stereocenters. The Balaban J connectivity index is 1.45. The van der Waals surface area contributed by atoms with Crippen molar-refractivity contribution < 1.29 is 23.7 Å². The summed E-state index contributed by atoms with van der Waals surface area (Å²) in [6.45, 7) is 1.14. The lowest BCUT2D eigenvalue weighted by atomic mass is 9.92. The van der Waals surface area contributed by atoms with Crippen LogP contribution in [0.4, 0.5) is 0 Å². The van der Waals surface area contributed by atoms with Crippen LogP contribution in [-0.4, -0.2) is 52.3 Å². The number of carbonyl (C=O) groups is 1. The van der Waals surface area contributed by atoms with Crippen molar-refractivity contribution in [2.75, 3.05) is 41.5 Å². The van der Waals surface area contributed by atoms with Crippen LogP contribution in [0.15, 0.2) is 54.6 Å². The second kappa shape index (κ2) is 12.0. The van der Waals surface area contributed by atoms with E-state index in [2.05, 4.69) is 52.7 Å². The zero-order chi connectivity index (χ0) is 27.4. The third-order valence-electron chi connectivity index (χ3n) is 8.03. The van der Waals surface area contributed by atoms with E-state index in [1.807, 2.05) is 12.1 Å². The van der Waals surface area contributed by atoms with Crippen LogP contribution < -0.4 is 24.3 Å². The molecule has 2 aliphatic rings. The minimum absolute atomic E-state index is 0.0259. The number of carbonyl (C=O) groups excluding carboxylic acids is 1. The van der Waals surface area contributed by atoms with Crippen molar-refractivity contribution in [1.29, 1.82) is 0 Å². The SMILES string of the molecule is COc1ccc(C[C@H]2c3cc(OC)c(OC)cc3CCCN2CC(=O)NC2CCc3ccccc32)cc1OC. The Labute approximate surface area is 231 Å². The van der Waals surface area contributed by atoms with E-state index in [1.54, 1.807) is 28.4 Å². The summed E-state index contributed by atoms with van der Waals surface area (Å²) in [5.41, 5.74) is 6.07. The number of hydrogen-bond donors (Lipinski definition) is 1. The van der Waals surface area contributed by atoms with Crippen LogP contribution in [-0.2, 0) is 24.1 Å². The van der Waals surface area contributed by atoms with Crippen LogP contribution in [0.1, 0.15) is 52.7 Å². The summed E-state index contributed by atoms with van der Waals surface area (Å²) in [5.74, 6) is 2.87. The Morgan fingerprint density at radius 3 is 2.31 bits per heavy atom. The smallest absolute Gasteiger partial charge is 0.234 e. The Morgan fingerprint density at radius 1 is 0.821 bits per heavy atom. The van der Waals surface area contributed by atoms with E-state index >= 15 is 0 Å². The quantitative estimate of drug-likeness (QED) is 0.417. The summed E-state index contributed by atoms with van der Waals surface area (Å²) in [6, 6.07) is 18.7. The molecule has 206 valence electrons. The van der Waals surface area contributed by atoms with E-state index in [4.69, 9.17) is 18.9 Å². The van der Waals surface area contributed by atoms with E-state index in [0.29, 0.717) is 30.2 Å². The predicted octanol–water partition coefficient (Wildman–Crippen LogP) is 5.06. The summed E-state index contributed by atoms with van der Waals surface area (Å²) >= 11 is 0. The van der Waals surface area contributed by atoms with Gasteiger partial charge in [-0.3, -0.25) is 9.69 Å². The first-order valence-electron chi connectivity index (χ1n) is 13.6. The highest BCUT2D eigenvalue weighted by atomic mass is 16.5. The van der Waals surface area contributed by atoms with E-state index in [0.717, 1.165) is 43.5 Å². The third kappa shape index (κ3) is 5.69. The second-order valence-electron chi connectivity index (χ2n) is 10.2. The van der Waals surface area contributed by atoms with Crippen LogP contribution >= 0.6 is 0 Å². The Kier molecular flexibility index (Phi) is 8.27. The van der Waals surface area contributed by atoms with Crippen molar-refractivity contribution in [2.24, 2.45) is 0 Å². The summed E-state index contributed by atoms with van der Waals surface area (Å²) in [4.78, 5) is 15.8. The van der Waals surface area contributed by atoms with Crippen LogP contribution in [0.5, 0.6) is 23.0 Å². The lowest BCUT2D eigenvalue weighted by Gasteiger charge is -2.32. The molecule has 7 nitrogen and oxygen atoms in total. The fraction of sp³-hybridized carbons (Fsp3) is 0.406. The van der Waals surface area contributed by atoms with Crippen molar-refractivity contribution in [1.82, 2.24) is 10.2 Å². The number of ether oxygens (including phenoxy) is 4. The summed E-state index contributed by atoms with van der Waals surface area (Å²) in [7, 11) is 6.62. The third-order valence-corrected chi connectivity index (χ3v) is 8.03. The van der Waals surface area contributed by atoms with Gasteiger partial charge in [-0.25, -0.2) is 0 Å². The van der Waals surface area contributed by atoms with E-state index in [1.165, 1.54) is 22.3 Å². The number of nitrogens with one attached hydrogen (secondary N) is 1.